The molecule has 0 fully saturated rings. The summed E-state index contributed by atoms with van der Waals surface area (Å²) in [6, 6.07) is 16.1. The van der Waals surface area contributed by atoms with E-state index in [1.165, 1.54) is 14.2 Å². The lowest BCUT2D eigenvalue weighted by Gasteiger charge is -2.26. The van der Waals surface area contributed by atoms with Gasteiger partial charge >= 0.3 is 5.97 Å². The van der Waals surface area contributed by atoms with E-state index in [4.69, 9.17) is 18.9 Å². The van der Waals surface area contributed by atoms with Crippen molar-refractivity contribution in [1.82, 2.24) is 8.75 Å². The molecule has 1 N–H and O–H groups in total. The molecule has 1 aromatic heterocycles. The number of aryl methyl sites for hydroxylation is 1. The van der Waals surface area contributed by atoms with Crippen molar-refractivity contribution in [3.63, 3.8) is 0 Å². The van der Waals surface area contributed by atoms with Crippen LogP contribution in [0.15, 0.2) is 60.2 Å². The number of fused-ring (bicyclic) bond motifs is 1. The first-order valence-corrected chi connectivity index (χ1v) is 11.9. The molecule has 36 heavy (non-hydrogen) atoms. The second kappa shape index (κ2) is 9.25. The molecule has 0 aliphatic carbocycles. The summed E-state index contributed by atoms with van der Waals surface area (Å²) in [4.78, 5) is 13.3. The SMILES string of the molecule is COc1ccc(CC2=C(c3ccc4nsnc4c3)C(=O)OC2(O)c2ccc(OC)c(OC)c2)cc1C. The Labute approximate surface area is 212 Å². The summed E-state index contributed by atoms with van der Waals surface area (Å²) in [5.74, 6) is -0.997. The molecule has 0 saturated carbocycles. The van der Waals surface area contributed by atoms with E-state index in [0.29, 0.717) is 33.7 Å². The minimum absolute atomic E-state index is 0.254. The minimum Gasteiger partial charge on any atom is -0.496 e. The van der Waals surface area contributed by atoms with E-state index in [1.807, 2.05) is 25.1 Å². The molecule has 0 saturated heterocycles. The van der Waals surface area contributed by atoms with Crippen LogP contribution in [0.25, 0.3) is 16.6 Å². The number of hydrogen-bond donors (Lipinski definition) is 1. The number of aliphatic hydroxyl groups is 1. The van der Waals surface area contributed by atoms with Crippen molar-refractivity contribution < 1.29 is 28.8 Å². The van der Waals surface area contributed by atoms with E-state index in [2.05, 4.69) is 8.75 Å². The highest BCUT2D eigenvalue weighted by Crippen LogP contribution is 2.46. The standard InChI is InChI=1S/C27H24N2O6S/c1-15-11-16(5-9-22(15)32-2)12-19-25(17-6-8-20-21(13-17)29-36-28-20)26(30)35-27(19,31)18-7-10-23(33-3)24(14-18)34-4/h5-11,13-14,31H,12H2,1-4H3. The van der Waals surface area contributed by atoms with E-state index in [-0.39, 0.29) is 12.0 Å². The Morgan fingerprint density at radius 3 is 2.33 bits per heavy atom. The largest absolute Gasteiger partial charge is 0.496 e. The maximum atomic E-state index is 13.3. The second-order valence-electron chi connectivity index (χ2n) is 8.41. The van der Waals surface area contributed by atoms with Gasteiger partial charge in [0.2, 0.25) is 0 Å². The summed E-state index contributed by atoms with van der Waals surface area (Å²) < 4.78 is 30.4. The number of benzene rings is 3. The smallest absolute Gasteiger partial charge is 0.342 e. The predicted octanol–water partition coefficient (Wildman–Crippen LogP) is 4.42. The number of carbonyl (C=O) groups excluding carboxylic acids is 1. The minimum atomic E-state index is -2.02. The molecular formula is C27H24N2O6S. The lowest BCUT2D eigenvalue weighted by atomic mass is 9.87. The van der Waals surface area contributed by atoms with Crippen molar-refractivity contribution in [3.05, 3.63) is 82.4 Å². The fourth-order valence-corrected chi connectivity index (χ4v) is 5.03. The topological polar surface area (TPSA) is 100 Å². The van der Waals surface area contributed by atoms with Gasteiger partial charge in [-0.1, -0.05) is 18.2 Å². The van der Waals surface area contributed by atoms with E-state index in [1.54, 1.807) is 43.5 Å². The van der Waals surface area contributed by atoms with E-state index in [0.717, 1.165) is 34.1 Å². The van der Waals surface area contributed by atoms with E-state index >= 15 is 0 Å². The second-order valence-corrected chi connectivity index (χ2v) is 8.93. The van der Waals surface area contributed by atoms with Gasteiger partial charge in [-0.05, 0) is 60.0 Å². The van der Waals surface area contributed by atoms with Gasteiger partial charge in [-0.2, -0.15) is 8.75 Å². The first-order valence-electron chi connectivity index (χ1n) is 11.2. The first-order chi connectivity index (χ1) is 17.4. The van der Waals surface area contributed by atoms with Gasteiger partial charge < -0.3 is 24.1 Å². The van der Waals surface area contributed by atoms with Gasteiger partial charge in [0.15, 0.2) is 11.5 Å². The molecule has 1 atom stereocenters. The van der Waals surface area contributed by atoms with Crippen molar-refractivity contribution >= 4 is 34.3 Å². The van der Waals surface area contributed by atoms with Crippen LogP contribution in [0, 0.1) is 6.92 Å². The molecule has 1 aliphatic heterocycles. The van der Waals surface area contributed by atoms with Crippen molar-refractivity contribution in [2.24, 2.45) is 0 Å². The monoisotopic (exact) mass is 504 g/mol. The Morgan fingerprint density at radius 2 is 1.61 bits per heavy atom. The van der Waals surface area contributed by atoms with Crippen molar-refractivity contribution in [2.45, 2.75) is 19.1 Å². The van der Waals surface area contributed by atoms with Gasteiger partial charge in [0.25, 0.3) is 5.79 Å². The average molecular weight is 505 g/mol. The molecule has 5 rings (SSSR count). The summed E-state index contributed by atoms with van der Waals surface area (Å²) in [5, 5.41) is 12.0. The Hall–Kier alpha value is -3.95. The number of esters is 1. The number of ether oxygens (including phenoxy) is 4. The Bertz CT molecular complexity index is 1510. The highest BCUT2D eigenvalue weighted by molar-refractivity contribution is 7.00. The highest BCUT2D eigenvalue weighted by Gasteiger charge is 2.48. The molecule has 4 aromatic rings. The number of methoxy groups -OCH3 is 3. The van der Waals surface area contributed by atoms with Crippen LogP contribution in [-0.2, 0) is 21.7 Å². The highest BCUT2D eigenvalue weighted by atomic mass is 32.1. The summed E-state index contributed by atoms with van der Waals surface area (Å²) in [6.45, 7) is 1.94. The predicted molar refractivity (Wildman–Crippen MR) is 135 cm³/mol. The molecule has 8 nitrogen and oxygen atoms in total. The quantitative estimate of drug-likeness (QED) is 0.369. The van der Waals surface area contributed by atoms with Crippen LogP contribution in [0.2, 0.25) is 0 Å². The molecule has 3 aromatic carbocycles. The van der Waals surface area contributed by atoms with Crippen LogP contribution in [0.5, 0.6) is 17.2 Å². The molecule has 1 unspecified atom stereocenters. The third-order valence-electron chi connectivity index (χ3n) is 6.31. The van der Waals surface area contributed by atoms with Gasteiger partial charge in [-0.15, -0.1) is 0 Å². The maximum Gasteiger partial charge on any atom is 0.342 e. The van der Waals surface area contributed by atoms with Crippen LogP contribution in [0.3, 0.4) is 0 Å². The Balaban J connectivity index is 1.70. The zero-order chi connectivity index (χ0) is 25.4. The van der Waals surface area contributed by atoms with Gasteiger partial charge in [-0.3, -0.25) is 0 Å². The third kappa shape index (κ3) is 3.96. The lowest BCUT2D eigenvalue weighted by molar-refractivity contribution is -0.185. The number of carbonyl (C=O) groups is 1. The maximum absolute atomic E-state index is 13.3. The molecule has 184 valence electrons. The number of rotatable bonds is 7. The molecule has 0 amide bonds. The van der Waals surface area contributed by atoms with Gasteiger partial charge in [0.05, 0.1) is 38.6 Å². The van der Waals surface area contributed by atoms with Gasteiger partial charge in [-0.25, -0.2) is 4.79 Å². The Kier molecular flexibility index (Phi) is 6.11. The molecular weight excluding hydrogens is 480 g/mol. The number of cyclic esters (lactones) is 1. The van der Waals surface area contributed by atoms with Crippen molar-refractivity contribution in [2.75, 3.05) is 21.3 Å². The number of aromatic nitrogens is 2. The Morgan fingerprint density at radius 1 is 0.889 bits per heavy atom. The van der Waals surface area contributed by atoms with Crippen LogP contribution in [0.4, 0.5) is 0 Å². The van der Waals surface area contributed by atoms with Crippen LogP contribution in [0.1, 0.15) is 22.3 Å². The fourth-order valence-electron chi connectivity index (χ4n) is 4.51. The molecule has 0 radical (unpaired) electrons. The van der Waals surface area contributed by atoms with E-state index in [9.17, 15) is 9.90 Å². The lowest BCUT2D eigenvalue weighted by Crippen LogP contribution is -2.29. The van der Waals surface area contributed by atoms with Gasteiger partial charge in [0.1, 0.15) is 16.8 Å². The normalized spacial score (nSPS) is 17.4. The molecule has 0 spiro atoms. The fraction of sp³-hybridized carbons (Fsp3) is 0.222. The summed E-state index contributed by atoms with van der Waals surface area (Å²) in [5.41, 5.74) is 4.86. The van der Waals surface area contributed by atoms with Gasteiger partial charge in [0, 0.05) is 17.6 Å². The van der Waals surface area contributed by atoms with Crippen molar-refractivity contribution in [1.29, 1.82) is 0 Å². The molecule has 0 bridgehead atoms. The van der Waals surface area contributed by atoms with Crippen LogP contribution < -0.4 is 14.2 Å². The summed E-state index contributed by atoms with van der Waals surface area (Å²) >= 11 is 1.10. The zero-order valence-corrected chi connectivity index (χ0v) is 21.0. The summed E-state index contributed by atoms with van der Waals surface area (Å²) in [6.07, 6.45) is 0.254. The average Bonchev–Trinajstić information content (AvgIpc) is 3.45. The molecule has 2 heterocycles. The van der Waals surface area contributed by atoms with Crippen LogP contribution in [-0.4, -0.2) is 41.2 Å². The van der Waals surface area contributed by atoms with E-state index < -0.39 is 11.8 Å². The molecule has 1 aliphatic rings. The number of hydrogen-bond acceptors (Lipinski definition) is 9. The third-order valence-corrected chi connectivity index (χ3v) is 6.87. The summed E-state index contributed by atoms with van der Waals surface area (Å²) in [7, 11) is 4.65. The number of nitrogens with zero attached hydrogens (tertiary/aromatic N) is 2. The zero-order valence-electron chi connectivity index (χ0n) is 20.2. The van der Waals surface area contributed by atoms with Crippen molar-refractivity contribution in [3.8, 4) is 17.2 Å². The first kappa shape index (κ1) is 23.8. The van der Waals surface area contributed by atoms with Crippen LogP contribution >= 0.6 is 11.7 Å². The molecule has 9 heteroatoms.